The molecule has 2 aromatic carbocycles. The van der Waals surface area contributed by atoms with Gasteiger partial charge in [0.1, 0.15) is 29.9 Å². The Morgan fingerprint density at radius 3 is 2.34 bits per heavy atom. The van der Waals surface area contributed by atoms with Crippen LogP contribution >= 0.6 is 11.8 Å². The van der Waals surface area contributed by atoms with Crippen LogP contribution in [-0.4, -0.2) is 71.8 Å². The molecule has 4 rings (SSSR count). The van der Waals surface area contributed by atoms with Gasteiger partial charge in [-0.15, -0.1) is 11.8 Å². The second kappa shape index (κ2) is 10.3. The topological polar surface area (TPSA) is 107 Å². The quantitative estimate of drug-likeness (QED) is 0.569. The van der Waals surface area contributed by atoms with Crippen LogP contribution in [-0.2, 0) is 20.6 Å². The van der Waals surface area contributed by atoms with Gasteiger partial charge in [0.05, 0.1) is 20.8 Å². The van der Waals surface area contributed by atoms with Crippen molar-refractivity contribution in [1.29, 1.82) is 0 Å². The first-order chi connectivity index (χ1) is 15.5. The minimum absolute atomic E-state index is 0.0438. The molecular formula is C23H28O8S. The number of aliphatic hydroxyl groups excluding tert-OH is 2. The molecule has 2 fully saturated rings. The summed E-state index contributed by atoms with van der Waals surface area (Å²) in [5.74, 6) is 1.23. The zero-order chi connectivity index (χ0) is 22.7. The molecule has 0 amide bonds. The number of fused-ring (bicyclic) bond motifs is 1. The molecule has 0 unspecified atom stereocenters. The Balaban J connectivity index is 1.35. The number of hydrogen-bond acceptors (Lipinski definition) is 9. The van der Waals surface area contributed by atoms with E-state index < -0.39 is 36.1 Å². The summed E-state index contributed by atoms with van der Waals surface area (Å²) in [6, 6.07) is 13.0. The molecule has 6 atom stereocenters. The Labute approximate surface area is 191 Å². The van der Waals surface area contributed by atoms with Gasteiger partial charge in [0.15, 0.2) is 17.8 Å². The Morgan fingerprint density at radius 1 is 1.00 bits per heavy atom. The fourth-order valence-corrected chi connectivity index (χ4v) is 5.05. The summed E-state index contributed by atoms with van der Waals surface area (Å²) in [5.41, 5.74) is 1.14. The van der Waals surface area contributed by atoms with Gasteiger partial charge in [0.2, 0.25) is 5.75 Å². The predicted molar refractivity (Wildman–Crippen MR) is 118 cm³/mol. The highest BCUT2D eigenvalue weighted by Gasteiger charge is 2.48. The van der Waals surface area contributed by atoms with E-state index in [4.69, 9.17) is 23.7 Å². The van der Waals surface area contributed by atoms with Crippen LogP contribution in [0.5, 0.6) is 17.2 Å². The highest BCUT2D eigenvalue weighted by atomic mass is 32.2. The standard InChI is InChI=1S/C23H28O8S/c1-27-15-10-13(11-16(28-2)18(15)24)8-9-32-23-20(26)19(25)21-17(30-23)12-29-22(31-21)14-6-4-3-5-7-14/h3-7,10-11,17,19-26H,8-9,12H2,1-2H3/t17-,19-,20-,21-,22-,23+/m1/s1. The van der Waals surface area contributed by atoms with Crippen molar-refractivity contribution >= 4 is 11.8 Å². The summed E-state index contributed by atoms with van der Waals surface area (Å²) in [4.78, 5) is 0. The van der Waals surface area contributed by atoms with Crippen LogP contribution in [0.2, 0.25) is 0 Å². The largest absolute Gasteiger partial charge is 0.502 e. The number of benzene rings is 2. The summed E-state index contributed by atoms with van der Waals surface area (Å²) >= 11 is 1.40. The van der Waals surface area contributed by atoms with E-state index in [1.165, 1.54) is 26.0 Å². The van der Waals surface area contributed by atoms with Crippen LogP contribution in [0.15, 0.2) is 42.5 Å². The van der Waals surface area contributed by atoms with Crippen molar-refractivity contribution in [1.82, 2.24) is 0 Å². The molecule has 0 saturated carbocycles. The molecule has 0 bridgehead atoms. The van der Waals surface area contributed by atoms with Crippen LogP contribution < -0.4 is 9.47 Å². The Kier molecular flexibility index (Phi) is 7.44. The molecule has 174 valence electrons. The maximum absolute atomic E-state index is 10.7. The number of phenols is 1. The molecular weight excluding hydrogens is 436 g/mol. The van der Waals surface area contributed by atoms with Gasteiger partial charge in [0.25, 0.3) is 0 Å². The van der Waals surface area contributed by atoms with Gasteiger partial charge in [-0.25, -0.2) is 0 Å². The van der Waals surface area contributed by atoms with Gasteiger partial charge in [-0.2, -0.15) is 0 Å². The molecule has 2 aliphatic heterocycles. The minimum Gasteiger partial charge on any atom is -0.502 e. The van der Waals surface area contributed by atoms with Crippen LogP contribution in [0.4, 0.5) is 0 Å². The SMILES string of the molecule is COc1cc(CCS[C@@H]2O[C@@H]3CO[C@@H](c4ccccc4)O[C@H]3[C@H](O)[C@H]2O)cc(OC)c1O. The first-order valence-corrected chi connectivity index (χ1v) is 11.5. The zero-order valence-electron chi connectivity index (χ0n) is 17.9. The van der Waals surface area contributed by atoms with Gasteiger partial charge in [-0.05, 0) is 29.9 Å². The minimum atomic E-state index is -1.10. The third-order valence-corrected chi connectivity index (χ3v) is 6.78. The van der Waals surface area contributed by atoms with Crippen molar-refractivity contribution in [2.24, 2.45) is 0 Å². The molecule has 0 aromatic heterocycles. The van der Waals surface area contributed by atoms with Crippen molar-refractivity contribution in [3.05, 3.63) is 53.6 Å². The van der Waals surface area contributed by atoms with Crippen molar-refractivity contribution < 1.29 is 39.0 Å². The Bertz CT molecular complexity index is 868. The van der Waals surface area contributed by atoms with Crippen molar-refractivity contribution in [2.45, 2.75) is 42.6 Å². The zero-order valence-corrected chi connectivity index (χ0v) is 18.7. The summed E-state index contributed by atoms with van der Waals surface area (Å²) in [7, 11) is 2.96. The average molecular weight is 465 g/mol. The average Bonchev–Trinajstić information content (AvgIpc) is 2.83. The molecule has 0 radical (unpaired) electrons. The van der Waals surface area contributed by atoms with E-state index in [0.29, 0.717) is 23.7 Å². The van der Waals surface area contributed by atoms with E-state index in [2.05, 4.69) is 0 Å². The lowest BCUT2D eigenvalue weighted by Gasteiger charge is -2.46. The number of phenolic OH excluding ortho intramolecular Hbond substituents is 1. The molecule has 2 aromatic rings. The molecule has 2 heterocycles. The molecule has 2 aliphatic rings. The maximum Gasteiger partial charge on any atom is 0.200 e. The van der Waals surface area contributed by atoms with Gasteiger partial charge >= 0.3 is 0 Å². The first kappa shape index (κ1) is 23.2. The van der Waals surface area contributed by atoms with Gasteiger partial charge in [-0.3, -0.25) is 0 Å². The number of rotatable bonds is 7. The fraction of sp³-hybridized carbons (Fsp3) is 0.478. The van der Waals surface area contributed by atoms with E-state index >= 15 is 0 Å². The van der Waals surface area contributed by atoms with E-state index in [-0.39, 0.29) is 12.4 Å². The highest BCUT2D eigenvalue weighted by molar-refractivity contribution is 7.99. The number of aromatic hydroxyl groups is 1. The number of ether oxygens (including phenoxy) is 5. The van der Waals surface area contributed by atoms with E-state index in [0.717, 1.165) is 11.1 Å². The van der Waals surface area contributed by atoms with Gasteiger partial charge < -0.3 is 39.0 Å². The molecule has 3 N–H and O–H groups in total. The lowest BCUT2D eigenvalue weighted by atomic mass is 9.99. The highest BCUT2D eigenvalue weighted by Crippen LogP contribution is 2.39. The molecule has 9 heteroatoms. The number of aryl methyl sites for hydroxylation is 1. The maximum atomic E-state index is 10.7. The molecule has 0 aliphatic carbocycles. The smallest absolute Gasteiger partial charge is 0.200 e. The predicted octanol–water partition coefficient (Wildman–Crippen LogP) is 2.25. The third kappa shape index (κ3) is 4.83. The Morgan fingerprint density at radius 2 is 1.69 bits per heavy atom. The number of thioether (sulfide) groups is 1. The first-order valence-electron chi connectivity index (χ1n) is 10.4. The molecule has 32 heavy (non-hydrogen) atoms. The van der Waals surface area contributed by atoms with Crippen LogP contribution in [0.3, 0.4) is 0 Å². The van der Waals surface area contributed by atoms with Gasteiger partial charge in [0, 0.05) is 5.56 Å². The number of hydrogen-bond donors (Lipinski definition) is 3. The lowest BCUT2D eigenvalue weighted by Crippen LogP contribution is -2.60. The summed E-state index contributed by atoms with van der Waals surface area (Å²) in [6.07, 6.45) is -3.31. The van der Waals surface area contributed by atoms with E-state index in [1.54, 1.807) is 12.1 Å². The Hall–Kier alpha value is -2.01. The van der Waals surface area contributed by atoms with Crippen molar-refractivity contribution in [2.75, 3.05) is 26.6 Å². The van der Waals surface area contributed by atoms with E-state index in [9.17, 15) is 15.3 Å². The molecule has 8 nitrogen and oxygen atoms in total. The van der Waals surface area contributed by atoms with Crippen molar-refractivity contribution in [3.8, 4) is 17.2 Å². The summed E-state index contributed by atoms with van der Waals surface area (Å²) < 4.78 is 28.1. The monoisotopic (exact) mass is 464 g/mol. The van der Waals surface area contributed by atoms with Crippen LogP contribution in [0, 0.1) is 0 Å². The second-order valence-electron chi connectivity index (χ2n) is 7.67. The third-order valence-electron chi connectivity index (χ3n) is 5.62. The van der Waals surface area contributed by atoms with Crippen LogP contribution in [0.25, 0.3) is 0 Å². The van der Waals surface area contributed by atoms with Crippen molar-refractivity contribution in [3.63, 3.8) is 0 Å². The summed E-state index contributed by atoms with van der Waals surface area (Å²) in [5, 5.41) is 31.4. The van der Waals surface area contributed by atoms with Crippen LogP contribution in [0.1, 0.15) is 17.4 Å². The van der Waals surface area contributed by atoms with E-state index in [1.807, 2.05) is 30.3 Å². The molecule has 2 saturated heterocycles. The number of methoxy groups -OCH3 is 2. The normalized spacial score (nSPS) is 29.9. The lowest BCUT2D eigenvalue weighted by molar-refractivity contribution is -0.318. The fourth-order valence-electron chi connectivity index (χ4n) is 3.88. The van der Waals surface area contributed by atoms with Gasteiger partial charge in [-0.1, -0.05) is 30.3 Å². The summed E-state index contributed by atoms with van der Waals surface area (Å²) in [6.45, 7) is 0.261. The number of aliphatic hydroxyl groups is 2. The second-order valence-corrected chi connectivity index (χ2v) is 8.88. The molecule has 0 spiro atoms.